The van der Waals surface area contributed by atoms with Crippen molar-refractivity contribution in [2.75, 3.05) is 32.4 Å². The fourth-order valence-corrected chi connectivity index (χ4v) is 5.34. The summed E-state index contributed by atoms with van der Waals surface area (Å²) in [4.78, 5) is 17.6. The second-order valence-electron chi connectivity index (χ2n) is 7.32. The summed E-state index contributed by atoms with van der Waals surface area (Å²) in [7, 11) is 0. The number of nitrogens with zero attached hydrogens (tertiary/aromatic N) is 2. The van der Waals surface area contributed by atoms with E-state index >= 15 is 0 Å². The molecular weight excluding hydrogens is 304 g/mol. The van der Waals surface area contributed by atoms with Crippen molar-refractivity contribution < 1.29 is 4.79 Å². The number of piperidine rings is 1. The SMILES string of the molecule is CSCc1ccc(C(=O)N2C[C@@H]3CN4CCCC[C@@H]4[C@H]3C2)cc1. The third-order valence-electron chi connectivity index (χ3n) is 5.92. The van der Waals surface area contributed by atoms with Crippen molar-refractivity contribution >= 4 is 17.7 Å². The zero-order valence-corrected chi connectivity index (χ0v) is 14.7. The van der Waals surface area contributed by atoms with Gasteiger partial charge in [0.25, 0.3) is 5.91 Å². The lowest BCUT2D eigenvalue weighted by molar-refractivity contribution is 0.0754. The molecule has 3 aliphatic heterocycles. The maximum absolute atomic E-state index is 12.8. The number of hydrogen-bond donors (Lipinski definition) is 0. The Bertz CT molecular complexity index is 573. The van der Waals surface area contributed by atoms with E-state index in [1.807, 2.05) is 23.9 Å². The van der Waals surface area contributed by atoms with Gasteiger partial charge in [0.15, 0.2) is 0 Å². The molecule has 4 heteroatoms. The molecule has 4 rings (SSSR count). The van der Waals surface area contributed by atoms with Gasteiger partial charge in [0.2, 0.25) is 0 Å². The molecule has 23 heavy (non-hydrogen) atoms. The maximum Gasteiger partial charge on any atom is 0.253 e. The highest BCUT2D eigenvalue weighted by Gasteiger charge is 2.48. The molecule has 3 fully saturated rings. The number of amides is 1. The van der Waals surface area contributed by atoms with Gasteiger partial charge in [-0.2, -0.15) is 11.8 Å². The Balaban J connectivity index is 1.43. The number of hydrogen-bond acceptors (Lipinski definition) is 3. The number of thioether (sulfide) groups is 1. The van der Waals surface area contributed by atoms with Crippen molar-refractivity contribution in [3.8, 4) is 0 Å². The zero-order chi connectivity index (χ0) is 15.8. The molecule has 0 unspecified atom stereocenters. The molecule has 0 aromatic heterocycles. The van der Waals surface area contributed by atoms with E-state index in [0.717, 1.165) is 36.4 Å². The van der Waals surface area contributed by atoms with Crippen molar-refractivity contribution in [2.24, 2.45) is 11.8 Å². The summed E-state index contributed by atoms with van der Waals surface area (Å²) in [5.74, 6) is 2.67. The molecule has 1 aromatic rings. The molecule has 124 valence electrons. The minimum atomic E-state index is 0.234. The number of carbonyl (C=O) groups excluding carboxylic acids is 1. The first-order valence-electron chi connectivity index (χ1n) is 8.87. The molecule has 3 nitrogen and oxygen atoms in total. The summed E-state index contributed by atoms with van der Waals surface area (Å²) < 4.78 is 0. The van der Waals surface area contributed by atoms with Crippen LogP contribution in [0.2, 0.25) is 0 Å². The summed E-state index contributed by atoms with van der Waals surface area (Å²) in [5, 5.41) is 0. The average Bonchev–Trinajstić information content (AvgIpc) is 3.13. The van der Waals surface area contributed by atoms with Gasteiger partial charge in [-0.3, -0.25) is 9.69 Å². The first-order valence-corrected chi connectivity index (χ1v) is 10.3. The van der Waals surface area contributed by atoms with Gasteiger partial charge in [0.1, 0.15) is 0 Å². The quantitative estimate of drug-likeness (QED) is 0.851. The van der Waals surface area contributed by atoms with E-state index in [9.17, 15) is 4.79 Å². The van der Waals surface area contributed by atoms with Crippen LogP contribution in [0.25, 0.3) is 0 Å². The molecule has 0 aliphatic carbocycles. The molecule has 3 aliphatic rings. The molecule has 3 atom stereocenters. The smallest absolute Gasteiger partial charge is 0.253 e. The molecule has 1 amide bonds. The van der Waals surface area contributed by atoms with Crippen molar-refractivity contribution in [2.45, 2.75) is 31.1 Å². The Labute approximate surface area is 143 Å². The van der Waals surface area contributed by atoms with Crippen LogP contribution in [0.5, 0.6) is 0 Å². The summed E-state index contributed by atoms with van der Waals surface area (Å²) in [6, 6.07) is 8.96. The van der Waals surface area contributed by atoms with E-state index in [0.29, 0.717) is 5.92 Å². The molecule has 0 bridgehead atoms. The molecule has 1 aromatic carbocycles. The van der Waals surface area contributed by atoms with E-state index in [1.54, 1.807) is 0 Å². The van der Waals surface area contributed by atoms with E-state index in [2.05, 4.69) is 28.2 Å². The minimum absolute atomic E-state index is 0.234. The summed E-state index contributed by atoms with van der Waals surface area (Å²) in [6.45, 7) is 4.43. The Kier molecular flexibility index (Phi) is 4.37. The fourth-order valence-electron chi connectivity index (χ4n) is 4.81. The molecule has 3 heterocycles. The highest BCUT2D eigenvalue weighted by atomic mass is 32.2. The van der Waals surface area contributed by atoms with Gasteiger partial charge in [0, 0.05) is 37.0 Å². The lowest BCUT2D eigenvalue weighted by atomic mass is 9.90. The van der Waals surface area contributed by atoms with Crippen LogP contribution in [0.1, 0.15) is 35.2 Å². The standard InChI is InChI=1S/C19H26N2OS/c1-23-13-14-5-7-15(8-6-14)19(22)21-11-16-10-20-9-3-2-4-18(20)17(16)12-21/h5-8,16-18H,2-4,9-13H2,1H3/t16-,17-,18+/m0/s1. The Hall–Kier alpha value is -1.00. The minimum Gasteiger partial charge on any atom is -0.338 e. The third-order valence-corrected chi connectivity index (χ3v) is 6.54. The maximum atomic E-state index is 12.8. The Morgan fingerprint density at radius 2 is 2.00 bits per heavy atom. The Morgan fingerprint density at radius 3 is 2.78 bits per heavy atom. The molecular formula is C19H26N2OS. The topological polar surface area (TPSA) is 23.6 Å². The Morgan fingerprint density at radius 1 is 1.17 bits per heavy atom. The van der Waals surface area contributed by atoms with Gasteiger partial charge in [0.05, 0.1) is 0 Å². The number of carbonyl (C=O) groups is 1. The van der Waals surface area contributed by atoms with Crippen molar-refractivity contribution in [3.05, 3.63) is 35.4 Å². The third kappa shape index (κ3) is 2.91. The van der Waals surface area contributed by atoms with Crippen LogP contribution < -0.4 is 0 Å². The number of fused-ring (bicyclic) bond motifs is 3. The van der Waals surface area contributed by atoms with E-state index in [-0.39, 0.29) is 5.91 Å². The van der Waals surface area contributed by atoms with Gasteiger partial charge in [-0.1, -0.05) is 18.6 Å². The van der Waals surface area contributed by atoms with E-state index in [1.165, 1.54) is 37.9 Å². The van der Waals surface area contributed by atoms with Crippen LogP contribution in [0, 0.1) is 11.8 Å². The largest absolute Gasteiger partial charge is 0.338 e. The predicted octanol–water partition coefficient (Wildman–Crippen LogP) is 3.11. The molecule has 0 saturated carbocycles. The summed E-state index contributed by atoms with van der Waals surface area (Å²) >= 11 is 1.82. The van der Waals surface area contributed by atoms with Crippen LogP contribution in [-0.2, 0) is 5.75 Å². The van der Waals surface area contributed by atoms with E-state index < -0.39 is 0 Å². The second-order valence-corrected chi connectivity index (χ2v) is 8.19. The van der Waals surface area contributed by atoms with Crippen LogP contribution in [0.4, 0.5) is 0 Å². The van der Waals surface area contributed by atoms with Gasteiger partial charge < -0.3 is 4.90 Å². The molecule has 3 saturated heterocycles. The number of benzene rings is 1. The van der Waals surface area contributed by atoms with Crippen molar-refractivity contribution in [1.29, 1.82) is 0 Å². The fraction of sp³-hybridized carbons (Fsp3) is 0.632. The number of rotatable bonds is 3. The lowest BCUT2D eigenvalue weighted by Gasteiger charge is -2.33. The zero-order valence-electron chi connectivity index (χ0n) is 13.9. The monoisotopic (exact) mass is 330 g/mol. The highest BCUT2D eigenvalue weighted by Crippen LogP contribution is 2.40. The van der Waals surface area contributed by atoms with Crippen LogP contribution >= 0.6 is 11.8 Å². The van der Waals surface area contributed by atoms with E-state index in [4.69, 9.17) is 0 Å². The normalized spacial score (nSPS) is 30.3. The van der Waals surface area contributed by atoms with Gasteiger partial charge in [-0.25, -0.2) is 0 Å². The van der Waals surface area contributed by atoms with Gasteiger partial charge >= 0.3 is 0 Å². The summed E-state index contributed by atoms with van der Waals surface area (Å²) in [5.41, 5.74) is 2.15. The molecule has 0 radical (unpaired) electrons. The van der Waals surface area contributed by atoms with Crippen LogP contribution in [0.15, 0.2) is 24.3 Å². The second kappa shape index (κ2) is 6.48. The predicted molar refractivity (Wildman–Crippen MR) is 95.8 cm³/mol. The van der Waals surface area contributed by atoms with Crippen molar-refractivity contribution in [3.63, 3.8) is 0 Å². The van der Waals surface area contributed by atoms with Crippen LogP contribution in [0.3, 0.4) is 0 Å². The van der Waals surface area contributed by atoms with Crippen LogP contribution in [-0.4, -0.2) is 54.2 Å². The molecule has 0 N–H and O–H groups in total. The molecule has 0 spiro atoms. The average molecular weight is 330 g/mol. The summed E-state index contributed by atoms with van der Waals surface area (Å²) in [6.07, 6.45) is 6.18. The number of likely N-dealkylation sites (tertiary alicyclic amines) is 1. The van der Waals surface area contributed by atoms with Crippen molar-refractivity contribution in [1.82, 2.24) is 9.80 Å². The highest BCUT2D eigenvalue weighted by molar-refractivity contribution is 7.97. The van der Waals surface area contributed by atoms with Gasteiger partial charge in [-0.15, -0.1) is 0 Å². The first kappa shape index (κ1) is 15.5. The first-order chi connectivity index (χ1) is 11.3. The van der Waals surface area contributed by atoms with Gasteiger partial charge in [-0.05, 0) is 55.2 Å². The lowest BCUT2D eigenvalue weighted by Crippen LogP contribution is -2.40.